The van der Waals surface area contributed by atoms with Crippen LogP contribution in [0.5, 0.6) is 0 Å². The largest absolute Gasteiger partial charge is 0.283 e. The van der Waals surface area contributed by atoms with Crippen molar-refractivity contribution in [3.05, 3.63) is 12.2 Å². The lowest BCUT2D eigenvalue weighted by Crippen LogP contribution is -1.70. The van der Waals surface area contributed by atoms with Crippen LogP contribution in [0.3, 0.4) is 0 Å². The van der Waals surface area contributed by atoms with Crippen molar-refractivity contribution in [1.29, 1.82) is 0 Å². The maximum atomic E-state index is 9.82. The van der Waals surface area contributed by atoms with Crippen LogP contribution in [0.1, 0.15) is 6.92 Å². The molecule has 0 fully saturated rings. The third kappa shape index (κ3) is 3.76. The lowest BCUT2D eigenvalue weighted by molar-refractivity contribution is -0.106. The molecule has 0 aliphatic heterocycles. The molecule has 0 unspecified atom stereocenters. The lowest BCUT2D eigenvalue weighted by atomic mass is 10.6. The van der Waals surface area contributed by atoms with E-state index in [9.17, 15) is 4.79 Å². The summed E-state index contributed by atoms with van der Waals surface area (Å²) in [4.78, 5) is 9.82. The molecule has 0 aliphatic carbocycles. The summed E-state index contributed by atoms with van der Waals surface area (Å²) in [5.74, 6) is 0. The predicted octanol–water partition coefficient (Wildman–Crippen LogP) is 1.02. The summed E-state index contributed by atoms with van der Waals surface area (Å²) in [5, 5.41) is -0.197. The first kappa shape index (κ1) is 5.76. The molecule has 0 radical (unpaired) electrons. The van der Waals surface area contributed by atoms with Gasteiger partial charge in [-0.05, 0) is 13.0 Å². The number of rotatable bonds is 1. The maximum Gasteiger partial charge on any atom is 0.208 e. The average molecular weight is 102 g/mol. The van der Waals surface area contributed by atoms with E-state index in [0.29, 0.717) is 0 Å². The second kappa shape index (κ2) is 2.97. The Morgan fingerprint density at radius 3 is 2.33 bits per heavy atom. The molecule has 0 rings (SSSR count). The normalized spacial score (nSPS) is 9.67. The minimum atomic E-state index is -0.197. The summed E-state index contributed by atoms with van der Waals surface area (Å²) < 4.78 is 0. The van der Waals surface area contributed by atoms with Crippen LogP contribution in [0.15, 0.2) is 12.2 Å². The van der Waals surface area contributed by atoms with Gasteiger partial charge in [-0.1, -0.05) is 6.08 Å². The van der Waals surface area contributed by atoms with E-state index in [1.165, 1.54) is 6.08 Å². The second-order valence-corrected chi connectivity index (χ2v) is 1.28. The number of hydrogen-bond donors (Lipinski definition) is 1. The Hall–Kier alpha value is -0.240. The molecule has 0 heterocycles. The summed E-state index contributed by atoms with van der Waals surface area (Å²) in [7, 11) is 0. The van der Waals surface area contributed by atoms with Crippen molar-refractivity contribution in [2.24, 2.45) is 0 Å². The molecule has 0 spiro atoms. The minimum Gasteiger partial charge on any atom is -0.283 e. The first-order chi connectivity index (χ1) is 2.77. The summed E-state index contributed by atoms with van der Waals surface area (Å²) in [6, 6.07) is 0. The second-order valence-electron chi connectivity index (χ2n) is 0.838. The fourth-order valence-electron chi connectivity index (χ4n) is 0.143. The molecule has 1 nitrogen and oxygen atoms in total. The van der Waals surface area contributed by atoms with Crippen LogP contribution in [-0.2, 0) is 4.79 Å². The first-order valence-electron chi connectivity index (χ1n) is 1.63. The highest BCUT2D eigenvalue weighted by atomic mass is 32.1. The number of thiol groups is 1. The summed E-state index contributed by atoms with van der Waals surface area (Å²) >= 11 is 3.45. The molecule has 0 aliphatic rings. The molecule has 6 heavy (non-hydrogen) atoms. The van der Waals surface area contributed by atoms with Gasteiger partial charge in [-0.15, -0.1) is 12.6 Å². The quantitative estimate of drug-likeness (QED) is 0.386. The van der Waals surface area contributed by atoms with Crippen molar-refractivity contribution in [2.45, 2.75) is 6.92 Å². The Balaban J connectivity index is 3.30. The van der Waals surface area contributed by atoms with Crippen molar-refractivity contribution in [3.63, 3.8) is 0 Å². The predicted molar refractivity (Wildman–Crippen MR) is 28.8 cm³/mol. The van der Waals surface area contributed by atoms with Gasteiger partial charge >= 0.3 is 0 Å². The van der Waals surface area contributed by atoms with E-state index in [2.05, 4.69) is 12.6 Å². The van der Waals surface area contributed by atoms with Crippen molar-refractivity contribution >= 4 is 17.7 Å². The van der Waals surface area contributed by atoms with Crippen LogP contribution < -0.4 is 0 Å². The number of hydrogen-bond acceptors (Lipinski definition) is 1. The van der Waals surface area contributed by atoms with Gasteiger partial charge in [0.2, 0.25) is 5.12 Å². The number of carbonyl (C=O) groups is 1. The Morgan fingerprint density at radius 2 is 2.33 bits per heavy atom. The molecule has 0 amide bonds. The maximum absolute atomic E-state index is 9.82. The highest BCUT2D eigenvalue weighted by Crippen LogP contribution is 1.77. The summed E-state index contributed by atoms with van der Waals surface area (Å²) in [6.45, 7) is 1.77. The van der Waals surface area contributed by atoms with E-state index in [-0.39, 0.29) is 5.12 Å². The molecule has 0 saturated heterocycles. The van der Waals surface area contributed by atoms with Crippen LogP contribution in [0, 0.1) is 0 Å². The van der Waals surface area contributed by atoms with E-state index >= 15 is 0 Å². The topological polar surface area (TPSA) is 17.1 Å². The molecule has 0 N–H and O–H groups in total. The molecule has 0 saturated carbocycles. The Labute approximate surface area is 42.5 Å². The van der Waals surface area contributed by atoms with Gasteiger partial charge in [0.05, 0.1) is 0 Å². The van der Waals surface area contributed by atoms with E-state index in [4.69, 9.17) is 0 Å². The Bertz CT molecular complexity index is 75.6. The van der Waals surface area contributed by atoms with Crippen LogP contribution in [0.25, 0.3) is 0 Å². The van der Waals surface area contributed by atoms with Gasteiger partial charge < -0.3 is 0 Å². The van der Waals surface area contributed by atoms with Gasteiger partial charge in [0, 0.05) is 0 Å². The number of carbonyl (C=O) groups excluding carboxylic acids is 1. The molecule has 0 aromatic carbocycles. The van der Waals surface area contributed by atoms with Gasteiger partial charge in [0.25, 0.3) is 0 Å². The highest BCUT2D eigenvalue weighted by Gasteiger charge is 1.74. The summed E-state index contributed by atoms with van der Waals surface area (Å²) in [6.07, 6.45) is 3.04. The zero-order valence-corrected chi connectivity index (χ0v) is 4.40. The van der Waals surface area contributed by atoms with Gasteiger partial charge in [0.15, 0.2) is 0 Å². The van der Waals surface area contributed by atoms with Crippen molar-refractivity contribution in [3.8, 4) is 0 Å². The SMILES string of the molecule is C/C=C\C(=O)S. The van der Waals surface area contributed by atoms with Crippen molar-refractivity contribution in [1.82, 2.24) is 0 Å². The first-order valence-corrected chi connectivity index (χ1v) is 2.07. The fourth-order valence-corrected chi connectivity index (χ4v) is 0.292. The van der Waals surface area contributed by atoms with Gasteiger partial charge in [-0.2, -0.15) is 0 Å². The van der Waals surface area contributed by atoms with Crippen molar-refractivity contribution < 1.29 is 4.79 Å². The van der Waals surface area contributed by atoms with Gasteiger partial charge in [0.1, 0.15) is 0 Å². The standard InChI is InChI=1S/C4H6OS/c1-2-3-4(5)6/h2-3H,1H3,(H,5,6)/b3-2-. The van der Waals surface area contributed by atoms with E-state index in [1.807, 2.05) is 0 Å². The molecule has 0 atom stereocenters. The third-order valence-corrected chi connectivity index (χ3v) is 0.458. The molecule has 34 valence electrons. The Kier molecular flexibility index (Phi) is 2.85. The molecule has 0 bridgehead atoms. The summed E-state index contributed by atoms with van der Waals surface area (Å²) in [5.41, 5.74) is 0. The van der Waals surface area contributed by atoms with Crippen LogP contribution in [-0.4, -0.2) is 5.12 Å². The zero-order chi connectivity index (χ0) is 4.99. The van der Waals surface area contributed by atoms with Crippen LogP contribution >= 0.6 is 12.6 Å². The Morgan fingerprint density at radius 1 is 1.83 bits per heavy atom. The molecule has 0 aromatic heterocycles. The van der Waals surface area contributed by atoms with E-state index in [0.717, 1.165) is 0 Å². The smallest absolute Gasteiger partial charge is 0.208 e. The zero-order valence-electron chi connectivity index (χ0n) is 3.51. The highest BCUT2D eigenvalue weighted by molar-refractivity contribution is 7.97. The lowest BCUT2D eigenvalue weighted by Gasteiger charge is -1.67. The van der Waals surface area contributed by atoms with E-state index < -0.39 is 0 Å². The molecular formula is C4H6OS. The third-order valence-electron chi connectivity index (χ3n) is 0.309. The van der Waals surface area contributed by atoms with Crippen LogP contribution in [0.2, 0.25) is 0 Å². The molecule has 2 heteroatoms. The van der Waals surface area contributed by atoms with E-state index in [1.54, 1.807) is 13.0 Å². The average Bonchev–Trinajstić information content (AvgIpc) is 1.35. The molecular weight excluding hydrogens is 96.1 g/mol. The molecule has 0 aromatic rings. The van der Waals surface area contributed by atoms with Crippen LogP contribution in [0.4, 0.5) is 0 Å². The number of allylic oxidation sites excluding steroid dienone is 1. The minimum absolute atomic E-state index is 0.197. The monoisotopic (exact) mass is 102 g/mol. The fraction of sp³-hybridized carbons (Fsp3) is 0.250. The van der Waals surface area contributed by atoms with Gasteiger partial charge in [-0.3, -0.25) is 4.79 Å². The van der Waals surface area contributed by atoms with Gasteiger partial charge in [-0.25, -0.2) is 0 Å². The van der Waals surface area contributed by atoms with Crippen molar-refractivity contribution in [2.75, 3.05) is 0 Å².